The van der Waals surface area contributed by atoms with Crippen molar-refractivity contribution in [1.29, 1.82) is 5.26 Å². The predicted molar refractivity (Wildman–Crippen MR) is 67.9 cm³/mol. The summed E-state index contributed by atoms with van der Waals surface area (Å²) in [4.78, 5) is 9.04. The lowest BCUT2D eigenvalue weighted by Crippen LogP contribution is -1.95. The third-order valence-electron chi connectivity index (χ3n) is 2.34. The van der Waals surface area contributed by atoms with E-state index in [9.17, 15) is 5.11 Å². The van der Waals surface area contributed by atoms with E-state index in [1.807, 2.05) is 0 Å². The molecule has 18 heavy (non-hydrogen) atoms. The lowest BCUT2D eigenvalue weighted by atomic mass is 10.1. The van der Waals surface area contributed by atoms with Crippen molar-refractivity contribution in [3.63, 3.8) is 0 Å². The molecule has 0 fully saturated rings. The Morgan fingerprint density at radius 3 is 2.67 bits per heavy atom. The Kier molecular flexibility index (Phi) is 3.92. The van der Waals surface area contributed by atoms with Crippen LogP contribution in [0, 0.1) is 11.3 Å². The van der Waals surface area contributed by atoms with Gasteiger partial charge in [-0.25, -0.2) is 9.97 Å². The molecule has 4 nitrogen and oxygen atoms in total. The maximum Gasteiger partial charge on any atom is 0.192 e. The van der Waals surface area contributed by atoms with E-state index in [1.54, 1.807) is 43.6 Å². The van der Waals surface area contributed by atoms with Gasteiger partial charge in [-0.15, -0.1) is 0 Å². The standard InChI is InChI=1S/C13H11N3OS/c1-9(17)11-4-3-10(8-14)7-12(11)18-13-15-5-2-6-16-13/h2-7,9,17H,1H3/t9-/m0/s1. The molecule has 1 aromatic heterocycles. The van der Waals surface area contributed by atoms with Crippen molar-refractivity contribution in [3.8, 4) is 6.07 Å². The van der Waals surface area contributed by atoms with Gasteiger partial charge < -0.3 is 5.11 Å². The molecule has 2 aromatic rings. The molecule has 0 saturated carbocycles. The third kappa shape index (κ3) is 2.86. The maximum atomic E-state index is 9.71. The van der Waals surface area contributed by atoms with Crippen molar-refractivity contribution < 1.29 is 5.11 Å². The highest BCUT2D eigenvalue weighted by Crippen LogP contribution is 2.31. The van der Waals surface area contributed by atoms with Gasteiger partial charge in [-0.1, -0.05) is 6.07 Å². The summed E-state index contributed by atoms with van der Waals surface area (Å²) < 4.78 is 0. The second kappa shape index (κ2) is 5.63. The smallest absolute Gasteiger partial charge is 0.192 e. The molecular weight excluding hydrogens is 246 g/mol. The molecular formula is C13H11N3OS. The Morgan fingerprint density at radius 2 is 2.06 bits per heavy atom. The van der Waals surface area contributed by atoms with E-state index in [0.29, 0.717) is 10.7 Å². The zero-order chi connectivity index (χ0) is 13.0. The van der Waals surface area contributed by atoms with Gasteiger partial charge in [-0.3, -0.25) is 0 Å². The Balaban J connectivity index is 2.39. The number of benzene rings is 1. The fraction of sp³-hybridized carbons (Fsp3) is 0.154. The average molecular weight is 257 g/mol. The molecule has 0 aliphatic carbocycles. The van der Waals surface area contributed by atoms with E-state index in [-0.39, 0.29) is 0 Å². The lowest BCUT2D eigenvalue weighted by molar-refractivity contribution is 0.196. The van der Waals surface area contributed by atoms with Crippen molar-refractivity contribution in [3.05, 3.63) is 47.8 Å². The summed E-state index contributed by atoms with van der Waals surface area (Å²) in [6.07, 6.45) is 2.72. The second-order valence-electron chi connectivity index (χ2n) is 3.67. The number of nitriles is 1. The first kappa shape index (κ1) is 12.6. The van der Waals surface area contributed by atoms with Crippen LogP contribution in [0.15, 0.2) is 46.7 Å². The highest BCUT2D eigenvalue weighted by atomic mass is 32.2. The molecule has 0 unspecified atom stereocenters. The van der Waals surface area contributed by atoms with Crippen LogP contribution >= 0.6 is 11.8 Å². The molecule has 0 bridgehead atoms. The monoisotopic (exact) mass is 257 g/mol. The largest absolute Gasteiger partial charge is 0.389 e. The normalized spacial score (nSPS) is 11.8. The minimum Gasteiger partial charge on any atom is -0.389 e. The van der Waals surface area contributed by atoms with Crippen LogP contribution in [-0.2, 0) is 0 Å². The Labute approximate surface area is 109 Å². The van der Waals surface area contributed by atoms with Crippen LogP contribution in [0.2, 0.25) is 0 Å². The van der Waals surface area contributed by atoms with Crippen LogP contribution in [0.5, 0.6) is 0 Å². The van der Waals surface area contributed by atoms with Crippen LogP contribution in [0.25, 0.3) is 0 Å². The van der Waals surface area contributed by atoms with Crippen LogP contribution in [0.3, 0.4) is 0 Å². The SMILES string of the molecule is C[C@H](O)c1ccc(C#N)cc1Sc1ncccn1. The van der Waals surface area contributed by atoms with Gasteiger partial charge in [0.1, 0.15) is 0 Å². The van der Waals surface area contributed by atoms with Crippen molar-refractivity contribution in [2.75, 3.05) is 0 Å². The number of aliphatic hydroxyl groups excluding tert-OH is 1. The molecule has 2 rings (SSSR count). The highest BCUT2D eigenvalue weighted by Gasteiger charge is 2.11. The fourth-order valence-electron chi connectivity index (χ4n) is 1.47. The number of aliphatic hydroxyl groups is 1. The molecule has 0 aliphatic heterocycles. The summed E-state index contributed by atoms with van der Waals surface area (Å²) in [5.41, 5.74) is 1.32. The maximum absolute atomic E-state index is 9.71. The topological polar surface area (TPSA) is 69.8 Å². The molecule has 0 amide bonds. The van der Waals surface area contributed by atoms with E-state index < -0.39 is 6.10 Å². The molecule has 0 saturated heterocycles. The molecule has 5 heteroatoms. The van der Waals surface area contributed by atoms with Crippen molar-refractivity contribution in [1.82, 2.24) is 9.97 Å². The van der Waals surface area contributed by atoms with Gasteiger partial charge in [0.2, 0.25) is 0 Å². The minimum absolute atomic E-state index is 0.554. The molecule has 1 heterocycles. The predicted octanol–water partition coefficient (Wildman–Crippen LogP) is 2.55. The number of rotatable bonds is 3. The number of hydrogen-bond donors (Lipinski definition) is 1. The van der Waals surface area contributed by atoms with Gasteiger partial charge in [0.15, 0.2) is 5.16 Å². The Morgan fingerprint density at radius 1 is 1.33 bits per heavy atom. The van der Waals surface area contributed by atoms with Crippen molar-refractivity contribution in [2.45, 2.75) is 23.1 Å². The molecule has 0 aliphatic rings. The average Bonchev–Trinajstić information content (AvgIpc) is 2.39. The zero-order valence-corrected chi connectivity index (χ0v) is 10.6. The van der Waals surface area contributed by atoms with Crippen LogP contribution < -0.4 is 0 Å². The quantitative estimate of drug-likeness (QED) is 0.856. The molecule has 90 valence electrons. The second-order valence-corrected chi connectivity index (χ2v) is 4.68. The first-order chi connectivity index (χ1) is 8.70. The summed E-state index contributed by atoms with van der Waals surface area (Å²) in [5, 5.41) is 19.2. The summed E-state index contributed by atoms with van der Waals surface area (Å²) in [5.74, 6) is 0. The Bertz CT molecular complexity index is 579. The first-order valence-electron chi connectivity index (χ1n) is 5.37. The highest BCUT2D eigenvalue weighted by molar-refractivity contribution is 7.99. The molecule has 0 spiro atoms. The third-order valence-corrected chi connectivity index (χ3v) is 3.30. The fourth-order valence-corrected chi connectivity index (χ4v) is 2.44. The van der Waals surface area contributed by atoms with E-state index in [0.717, 1.165) is 10.5 Å². The van der Waals surface area contributed by atoms with Crippen LogP contribution in [-0.4, -0.2) is 15.1 Å². The van der Waals surface area contributed by atoms with Crippen molar-refractivity contribution in [2.24, 2.45) is 0 Å². The van der Waals surface area contributed by atoms with E-state index >= 15 is 0 Å². The van der Waals surface area contributed by atoms with Crippen LogP contribution in [0.4, 0.5) is 0 Å². The Hall–Kier alpha value is -1.90. The summed E-state index contributed by atoms with van der Waals surface area (Å²) >= 11 is 1.34. The molecule has 0 radical (unpaired) electrons. The van der Waals surface area contributed by atoms with Gasteiger partial charge >= 0.3 is 0 Å². The number of aromatic nitrogens is 2. The van der Waals surface area contributed by atoms with Gasteiger partial charge in [0.05, 0.1) is 17.7 Å². The van der Waals surface area contributed by atoms with Gasteiger partial charge in [-0.05, 0) is 42.4 Å². The van der Waals surface area contributed by atoms with Gasteiger partial charge in [0.25, 0.3) is 0 Å². The molecule has 1 atom stereocenters. The first-order valence-corrected chi connectivity index (χ1v) is 6.19. The van der Waals surface area contributed by atoms with E-state index in [1.165, 1.54) is 11.8 Å². The van der Waals surface area contributed by atoms with Gasteiger partial charge in [-0.2, -0.15) is 5.26 Å². The summed E-state index contributed by atoms with van der Waals surface area (Å²) in [7, 11) is 0. The lowest BCUT2D eigenvalue weighted by Gasteiger charge is -2.10. The molecule has 1 aromatic carbocycles. The van der Waals surface area contributed by atoms with Gasteiger partial charge in [0, 0.05) is 17.3 Å². The van der Waals surface area contributed by atoms with E-state index in [4.69, 9.17) is 5.26 Å². The summed E-state index contributed by atoms with van der Waals surface area (Å²) in [6, 6.07) is 9.01. The van der Waals surface area contributed by atoms with E-state index in [2.05, 4.69) is 16.0 Å². The summed E-state index contributed by atoms with van der Waals surface area (Å²) in [6.45, 7) is 1.69. The molecule has 1 N–H and O–H groups in total. The van der Waals surface area contributed by atoms with Crippen molar-refractivity contribution >= 4 is 11.8 Å². The van der Waals surface area contributed by atoms with Crippen LogP contribution in [0.1, 0.15) is 24.2 Å². The minimum atomic E-state index is -0.594. The zero-order valence-electron chi connectivity index (χ0n) is 9.74. The number of hydrogen-bond acceptors (Lipinski definition) is 5. The number of nitrogens with zero attached hydrogens (tertiary/aromatic N) is 3.